The first kappa shape index (κ1) is 20.2. The van der Waals surface area contributed by atoms with Gasteiger partial charge in [-0.3, -0.25) is 14.9 Å². The maximum atomic E-state index is 13.4. The van der Waals surface area contributed by atoms with Crippen LogP contribution < -0.4 is 5.32 Å². The molecule has 4 rings (SSSR count). The van der Waals surface area contributed by atoms with E-state index in [0.717, 1.165) is 0 Å². The number of nitro groups is 1. The molecule has 0 saturated heterocycles. The molecule has 0 aliphatic carbocycles. The molecule has 1 amide bonds. The summed E-state index contributed by atoms with van der Waals surface area (Å²) in [4.78, 5) is 27.5. The van der Waals surface area contributed by atoms with E-state index in [9.17, 15) is 19.3 Å². The molecule has 1 heterocycles. The molecule has 3 aromatic carbocycles. The number of benzene rings is 3. The predicted octanol–water partition coefficient (Wildman–Crippen LogP) is 4.89. The lowest BCUT2D eigenvalue weighted by Crippen LogP contribution is -2.14. The third kappa shape index (κ3) is 4.41. The van der Waals surface area contributed by atoms with Gasteiger partial charge in [0.15, 0.2) is 5.82 Å². The molecule has 0 unspecified atom stereocenters. The molecule has 154 valence electrons. The van der Waals surface area contributed by atoms with Crippen molar-refractivity contribution in [1.29, 1.82) is 0 Å². The number of halogens is 2. The number of nitrogens with one attached hydrogen (secondary N) is 1. The first-order valence-corrected chi connectivity index (χ1v) is 9.33. The Labute approximate surface area is 180 Å². The maximum Gasteiger partial charge on any atom is 0.295 e. The summed E-state index contributed by atoms with van der Waals surface area (Å²) in [6.07, 6.45) is 0. The molecule has 0 aliphatic heterocycles. The molecule has 1 N–H and O–H groups in total. The Kier molecular flexibility index (Phi) is 5.42. The van der Waals surface area contributed by atoms with E-state index in [4.69, 9.17) is 11.6 Å². The Bertz CT molecular complexity index is 1290. The fourth-order valence-electron chi connectivity index (χ4n) is 2.87. The molecule has 8 nitrogen and oxygen atoms in total. The van der Waals surface area contributed by atoms with Crippen LogP contribution in [0.25, 0.3) is 17.1 Å². The van der Waals surface area contributed by atoms with Gasteiger partial charge < -0.3 is 5.32 Å². The number of carbonyl (C=O) groups is 1. The Morgan fingerprint density at radius 2 is 1.81 bits per heavy atom. The minimum Gasteiger partial charge on any atom is -0.319 e. The number of aromatic nitrogens is 3. The van der Waals surface area contributed by atoms with E-state index in [1.165, 1.54) is 53.2 Å². The minimum absolute atomic E-state index is 0.165. The van der Waals surface area contributed by atoms with Gasteiger partial charge in [0, 0.05) is 28.4 Å². The van der Waals surface area contributed by atoms with Crippen LogP contribution in [0.1, 0.15) is 10.6 Å². The highest BCUT2D eigenvalue weighted by atomic mass is 35.5. The molecule has 1 aromatic heterocycles. The van der Waals surface area contributed by atoms with E-state index in [1.54, 1.807) is 24.3 Å². The van der Waals surface area contributed by atoms with Crippen molar-refractivity contribution < 1.29 is 14.1 Å². The Balaban J connectivity index is 1.74. The average Bonchev–Trinajstić information content (AvgIpc) is 3.20. The summed E-state index contributed by atoms with van der Waals surface area (Å²) < 4.78 is 14.8. The molecule has 0 spiro atoms. The molecule has 0 atom stereocenters. The number of hydrogen-bond acceptors (Lipinski definition) is 5. The van der Waals surface area contributed by atoms with Crippen LogP contribution in [0.2, 0.25) is 5.02 Å². The van der Waals surface area contributed by atoms with Crippen molar-refractivity contribution in [2.75, 3.05) is 5.32 Å². The molecule has 31 heavy (non-hydrogen) atoms. The van der Waals surface area contributed by atoms with Crippen molar-refractivity contribution in [3.05, 3.63) is 99.6 Å². The van der Waals surface area contributed by atoms with Gasteiger partial charge in [-0.15, -0.1) is 5.10 Å². The zero-order valence-electron chi connectivity index (χ0n) is 15.7. The van der Waals surface area contributed by atoms with Gasteiger partial charge in [0.05, 0.1) is 10.6 Å². The second-order valence-corrected chi connectivity index (χ2v) is 6.86. The summed E-state index contributed by atoms with van der Waals surface area (Å²) in [5.41, 5.74) is 1.14. The predicted molar refractivity (Wildman–Crippen MR) is 113 cm³/mol. The topological polar surface area (TPSA) is 103 Å². The Morgan fingerprint density at radius 1 is 1.06 bits per heavy atom. The van der Waals surface area contributed by atoms with Crippen LogP contribution in [0.5, 0.6) is 0 Å². The number of nitrogens with zero attached hydrogens (tertiary/aromatic N) is 4. The number of rotatable bonds is 5. The van der Waals surface area contributed by atoms with Crippen LogP contribution in [-0.2, 0) is 0 Å². The van der Waals surface area contributed by atoms with E-state index in [1.807, 2.05) is 0 Å². The fraction of sp³-hybridized carbons (Fsp3) is 0. The lowest BCUT2D eigenvalue weighted by molar-refractivity contribution is -0.384. The molecule has 0 radical (unpaired) electrons. The quantitative estimate of drug-likeness (QED) is 0.354. The highest BCUT2D eigenvalue weighted by molar-refractivity contribution is 6.30. The standard InChI is InChI=1S/C21H13ClFN5O3/c22-14-4-1-3-13(11-14)20-25-19(26-27(20)17-9-7-15(23)8-10-17)21(29)24-16-5-2-6-18(12-16)28(30)31/h1-12H,(H,24,29). The molecule has 10 heteroatoms. The number of hydrogen-bond donors (Lipinski definition) is 1. The number of carbonyl (C=O) groups excluding carboxylic acids is 1. The number of amides is 1. The number of non-ortho nitro benzene ring substituents is 1. The van der Waals surface area contributed by atoms with Gasteiger partial charge in [0.1, 0.15) is 5.82 Å². The highest BCUT2D eigenvalue weighted by Gasteiger charge is 2.20. The molecular weight excluding hydrogens is 425 g/mol. The normalized spacial score (nSPS) is 10.6. The highest BCUT2D eigenvalue weighted by Crippen LogP contribution is 2.25. The Hall–Kier alpha value is -4.11. The van der Waals surface area contributed by atoms with Crippen LogP contribution in [0.15, 0.2) is 72.8 Å². The van der Waals surface area contributed by atoms with E-state index < -0.39 is 16.6 Å². The molecule has 4 aromatic rings. The molecule has 0 saturated carbocycles. The van der Waals surface area contributed by atoms with Crippen LogP contribution in [0.4, 0.5) is 15.8 Å². The van der Waals surface area contributed by atoms with Crippen LogP contribution in [0.3, 0.4) is 0 Å². The van der Waals surface area contributed by atoms with Gasteiger partial charge >= 0.3 is 0 Å². The van der Waals surface area contributed by atoms with Gasteiger partial charge in [-0.25, -0.2) is 14.1 Å². The van der Waals surface area contributed by atoms with Crippen molar-refractivity contribution >= 4 is 28.9 Å². The van der Waals surface area contributed by atoms with Crippen LogP contribution >= 0.6 is 11.6 Å². The monoisotopic (exact) mass is 437 g/mol. The number of nitro benzene ring substituents is 1. The van der Waals surface area contributed by atoms with E-state index in [-0.39, 0.29) is 17.2 Å². The van der Waals surface area contributed by atoms with Crippen LogP contribution in [0, 0.1) is 15.9 Å². The first-order chi connectivity index (χ1) is 14.9. The van der Waals surface area contributed by atoms with Crippen molar-refractivity contribution in [2.24, 2.45) is 0 Å². The molecular formula is C21H13ClFN5O3. The van der Waals surface area contributed by atoms with Gasteiger partial charge in [0.2, 0.25) is 5.82 Å². The average molecular weight is 438 g/mol. The summed E-state index contributed by atoms with van der Waals surface area (Å²) in [7, 11) is 0. The van der Waals surface area contributed by atoms with Crippen LogP contribution in [-0.4, -0.2) is 25.6 Å². The zero-order chi connectivity index (χ0) is 22.0. The van der Waals surface area contributed by atoms with Gasteiger partial charge in [0.25, 0.3) is 11.6 Å². The van der Waals surface area contributed by atoms with Gasteiger partial charge in [-0.05, 0) is 42.5 Å². The smallest absolute Gasteiger partial charge is 0.295 e. The molecule has 0 aliphatic rings. The summed E-state index contributed by atoms with van der Waals surface area (Å²) in [6, 6.07) is 17.9. The zero-order valence-corrected chi connectivity index (χ0v) is 16.5. The maximum absolute atomic E-state index is 13.4. The second-order valence-electron chi connectivity index (χ2n) is 6.42. The SMILES string of the molecule is O=C(Nc1cccc([N+](=O)[O-])c1)c1nc(-c2cccc(Cl)c2)n(-c2ccc(F)cc2)n1. The van der Waals surface area contributed by atoms with Gasteiger partial charge in [-0.1, -0.05) is 29.8 Å². The largest absolute Gasteiger partial charge is 0.319 e. The summed E-state index contributed by atoms with van der Waals surface area (Å²) in [5, 5.41) is 18.2. The van der Waals surface area contributed by atoms with E-state index in [2.05, 4.69) is 15.4 Å². The van der Waals surface area contributed by atoms with Crippen molar-refractivity contribution in [3.8, 4) is 17.1 Å². The second kappa shape index (κ2) is 8.33. The van der Waals surface area contributed by atoms with Gasteiger partial charge in [-0.2, -0.15) is 0 Å². The first-order valence-electron chi connectivity index (χ1n) is 8.95. The van der Waals surface area contributed by atoms with Crippen molar-refractivity contribution in [1.82, 2.24) is 14.8 Å². The minimum atomic E-state index is -0.662. The lowest BCUT2D eigenvalue weighted by Gasteiger charge is -2.06. The fourth-order valence-corrected chi connectivity index (χ4v) is 3.06. The van der Waals surface area contributed by atoms with Crippen molar-refractivity contribution in [2.45, 2.75) is 0 Å². The van der Waals surface area contributed by atoms with E-state index in [0.29, 0.717) is 22.1 Å². The number of anilines is 1. The third-order valence-corrected chi connectivity index (χ3v) is 4.51. The van der Waals surface area contributed by atoms with E-state index >= 15 is 0 Å². The molecule has 0 fully saturated rings. The Morgan fingerprint density at radius 3 is 2.52 bits per heavy atom. The molecule has 0 bridgehead atoms. The third-order valence-electron chi connectivity index (χ3n) is 4.28. The summed E-state index contributed by atoms with van der Waals surface area (Å²) in [6.45, 7) is 0. The lowest BCUT2D eigenvalue weighted by atomic mass is 10.2. The van der Waals surface area contributed by atoms with Crippen molar-refractivity contribution in [3.63, 3.8) is 0 Å². The summed E-state index contributed by atoms with van der Waals surface area (Å²) in [5.74, 6) is -0.939. The summed E-state index contributed by atoms with van der Waals surface area (Å²) >= 11 is 6.09.